The molecule has 0 saturated carbocycles. The van der Waals surface area contributed by atoms with Crippen LogP contribution in [0.25, 0.3) is 22.4 Å². The van der Waals surface area contributed by atoms with E-state index in [2.05, 4.69) is 15.3 Å². The number of imidazole rings is 1. The predicted molar refractivity (Wildman–Crippen MR) is 102 cm³/mol. The van der Waals surface area contributed by atoms with Crippen molar-refractivity contribution >= 4 is 22.6 Å². The normalized spacial score (nSPS) is 10.7. The molecule has 1 aromatic heterocycles. The number of carbonyl (C=O) groups excluding carboxylic acids is 1. The van der Waals surface area contributed by atoms with Crippen molar-refractivity contribution in [3.63, 3.8) is 0 Å². The van der Waals surface area contributed by atoms with Crippen LogP contribution < -0.4 is 10.1 Å². The van der Waals surface area contributed by atoms with E-state index in [1.807, 2.05) is 48.5 Å². The number of hydrogen-bond acceptors (Lipinski definition) is 3. The fourth-order valence-corrected chi connectivity index (χ4v) is 2.77. The van der Waals surface area contributed by atoms with Gasteiger partial charge in [0.2, 0.25) is 0 Å². The number of aromatic amines is 1. The van der Waals surface area contributed by atoms with Crippen molar-refractivity contribution in [3.8, 4) is 17.1 Å². The largest absolute Gasteiger partial charge is 0.497 e. The van der Waals surface area contributed by atoms with Crippen LogP contribution in [0.15, 0.2) is 72.8 Å². The molecular formula is C21H17N3O2. The van der Waals surface area contributed by atoms with Crippen LogP contribution in [0.1, 0.15) is 10.4 Å². The van der Waals surface area contributed by atoms with Crippen LogP contribution in [-0.4, -0.2) is 23.0 Å². The lowest BCUT2D eigenvalue weighted by atomic mass is 10.1. The zero-order chi connectivity index (χ0) is 17.9. The van der Waals surface area contributed by atoms with E-state index in [0.717, 1.165) is 28.1 Å². The van der Waals surface area contributed by atoms with Crippen molar-refractivity contribution in [1.29, 1.82) is 0 Å². The molecule has 0 spiro atoms. The van der Waals surface area contributed by atoms with E-state index in [1.54, 1.807) is 31.4 Å². The molecule has 0 aliphatic carbocycles. The highest BCUT2D eigenvalue weighted by Gasteiger charge is 2.08. The zero-order valence-electron chi connectivity index (χ0n) is 14.2. The second-order valence-electron chi connectivity index (χ2n) is 5.87. The summed E-state index contributed by atoms with van der Waals surface area (Å²) in [4.78, 5) is 20.3. The summed E-state index contributed by atoms with van der Waals surface area (Å²) in [6, 6.07) is 22.5. The van der Waals surface area contributed by atoms with Crippen molar-refractivity contribution in [3.05, 3.63) is 78.4 Å². The van der Waals surface area contributed by atoms with Gasteiger partial charge in [0.1, 0.15) is 11.6 Å². The van der Waals surface area contributed by atoms with Crippen LogP contribution >= 0.6 is 0 Å². The Morgan fingerprint density at radius 2 is 1.81 bits per heavy atom. The molecule has 0 unspecified atom stereocenters. The van der Waals surface area contributed by atoms with Crippen LogP contribution in [-0.2, 0) is 0 Å². The molecule has 128 valence electrons. The lowest BCUT2D eigenvalue weighted by Gasteiger charge is -2.07. The first kappa shape index (κ1) is 15.9. The Hall–Kier alpha value is -3.60. The number of benzene rings is 3. The summed E-state index contributed by atoms with van der Waals surface area (Å²) in [7, 11) is 1.58. The minimum absolute atomic E-state index is 0.180. The molecule has 0 bridgehead atoms. The number of para-hydroxylation sites is 2. The minimum atomic E-state index is -0.180. The molecule has 1 heterocycles. The van der Waals surface area contributed by atoms with Gasteiger partial charge in [-0.05, 0) is 54.6 Å². The Kier molecular flexibility index (Phi) is 4.11. The van der Waals surface area contributed by atoms with Gasteiger partial charge >= 0.3 is 0 Å². The summed E-state index contributed by atoms with van der Waals surface area (Å²) in [6.07, 6.45) is 0. The topological polar surface area (TPSA) is 67.0 Å². The van der Waals surface area contributed by atoms with Gasteiger partial charge in [-0.2, -0.15) is 0 Å². The number of amides is 1. The molecule has 0 radical (unpaired) electrons. The highest BCUT2D eigenvalue weighted by Crippen LogP contribution is 2.22. The molecule has 0 fully saturated rings. The smallest absolute Gasteiger partial charge is 0.255 e. The highest BCUT2D eigenvalue weighted by atomic mass is 16.5. The minimum Gasteiger partial charge on any atom is -0.497 e. The van der Waals surface area contributed by atoms with E-state index in [0.29, 0.717) is 11.3 Å². The molecule has 0 atom stereocenters. The van der Waals surface area contributed by atoms with Crippen molar-refractivity contribution in [2.45, 2.75) is 0 Å². The fourth-order valence-electron chi connectivity index (χ4n) is 2.77. The number of rotatable bonds is 4. The summed E-state index contributed by atoms with van der Waals surface area (Å²) in [5.74, 6) is 1.27. The second kappa shape index (κ2) is 6.72. The third-order valence-electron chi connectivity index (χ3n) is 4.14. The molecule has 5 heteroatoms. The maximum Gasteiger partial charge on any atom is 0.255 e. The number of nitrogens with one attached hydrogen (secondary N) is 2. The average molecular weight is 343 g/mol. The predicted octanol–water partition coefficient (Wildman–Crippen LogP) is 4.49. The molecule has 0 aliphatic rings. The molecule has 4 aromatic rings. The van der Waals surface area contributed by atoms with Gasteiger partial charge in [0.25, 0.3) is 5.91 Å². The number of ether oxygens (including phenoxy) is 1. The van der Waals surface area contributed by atoms with Crippen LogP contribution in [0, 0.1) is 0 Å². The van der Waals surface area contributed by atoms with E-state index in [1.165, 1.54) is 0 Å². The maximum absolute atomic E-state index is 12.4. The van der Waals surface area contributed by atoms with Crippen molar-refractivity contribution in [2.24, 2.45) is 0 Å². The quantitative estimate of drug-likeness (QED) is 0.574. The third-order valence-corrected chi connectivity index (χ3v) is 4.14. The Labute approximate surface area is 150 Å². The fraction of sp³-hybridized carbons (Fsp3) is 0.0476. The van der Waals surface area contributed by atoms with Crippen LogP contribution in [0.3, 0.4) is 0 Å². The number of carbonyl (C=O) groups is 1. The van der Waals surface area contributed by atoms with Gasteiger partial charge in [0.05, 0.1) is 18.1 Å². The van der Waals surface area contributed by atoms with E-state index in [9.17, 15) is 4.79 Å². The Balaban J connectivity index is 1.53. The average Bonchev–Trinajstić information content (AvgIpc) is 3.13. The summed E-state index contributed by atoms with van der Waals surface area (Å²) in [5, 5.41) is 2.89. The molecule has 0 aliphatic heterocycles. The van der Waals surface area contributed by atoms with Crippen LogP contribution in [0.5, 0.6) is 5.75 Å². The Morgan fingerprint density at radius 1 is 1.00 bits per heavy atom. The molecule has 26 heavy (non-hydrogen) atoms. The molecule has 4 rings (SSSR count). The number of methoxy groups -OCH3 is 1. The number of fused-ring (bicyclic) bond motifs is 1. The van der Waals surface area contributed by atoms with Crippen LogP contribution in [0.4, 0.5) is 5.69 Å². The first-order valence-corrected chi connectivity index (χ1v) is 8.23. The van der Waals surface area contributed by atoms with Gasteiger partial charge in [0.15, 0.2) is 0 Å². The number of nitrogens with zero attached hydrogens (tertiary/aromatic N) is 1. The lowest BCUT2D eigenvalue weighted by Crippen LogP contribution is -2.11. The zero-order valence-corrected chi connectivity index (χ0v) is 14.2. The molecule has 0 saturated heterocycles. The van der Waals surface area contributed by atoms with Gasteiger partial charge in [0, 0.05) is 16.8 Å². The third kappa shape index (κ3) is 3.15. The number of hydrogen-bond donors (Lipinski definition) is 2. The molecule has 5 nitrogen and oxygen atoms in total. The van der Waals surface area contributed by atoms with Crippen molar-refractivity contribution in [1.82, 2.24) is 9.97 Å². The van der Waals surface area contributed by atoms with Gasteiger partial charge in [-0.3, -0.25) is 4.79 Å². The van der Waals surface area contributed by atoms with E-state index >= 15 is 0 Å². The molecular weight excluding hydrogens is 326 g/mol. The Bertz CT molecular complexity index is 1040. The first-order chi connectivity index (χ1) is 12.7. The highest BCUT2D eigenvalue weighted by molar-refractivity contribution is 6.04. The Morgan fingerprint density at radius 3 is 2.58 bits per heavy atom. The SMILES string of the molecule is COc1cccc(C(=O)Nc2ccc(-c3nc4ccccc4[nH]3)cc2)c1. The van der Waals surface area contributed by atoms with E-state index in [4.69, 9.17) is 4.74 Å². The van der Waals surface area contributed by atoms with Gasteiger partial charge < -0.3 is 15.0 Å². The number of anilines is 1. The van der Waals surface area contributed by atoms with Crippen molar-refractivity contribution < 1.29 is 9.53 Å². The standard InChI is InChI=1S/C21H17N3O2/c1-26-17-6-4-5-15(13-17)21(25)22-16-11-9-14(10-12-16)20-23-18-7-2-3-8-19(18)24-20/h2-13H,1H3,(H,22,25)(H,23,24). The molecule has 2 N–H and O–H groups in total. The monoisotopic (exact) mass is 343 g/mol. The number of aromatic nitrogens is 2. The summed E-state index contributed by atoms with van der Waals surface area (Å²) in [5.41, 5.74) is 4.15. The van der Waals surface area contributed by atoms with Gasteiger partial charge in [-0.15, -0.1) is 0 Å². The first-order valence-electron chi connectivity index (χ1n) is 8.23. The molecule has 1 amide bonds. The van der Waals surface area contributed by atoms with Crippen molar-refractivity contribution in [2.75, 3.05) is 12.4 Å². The second-order valence-corrected chi connectivity index (χ2v) is 5.87. The van der Waals surface area contributed by atoms with E-state index < -0.39 is 0 Å². The summed E-state index contributed by atoms with van der Waals surface area (Å²) in [6.45, 7) is 0. The lowest BCUT2D eigenvalue weighted by molar-refractivity contribution is 0.102. The summed E-state index contributed by atoms with van der Waals surface area (Å²) >= 11 is 0. The van der Waals surface area contributed by atoms with Crippen LogP contribution in [0.2, 0.25) is 0 Å². The van der Waals surface area contributed by atoms with Gasteiger partial charge in [-0.25, -0.2) is 4.98 Å². The van der Waals surface area contributed by atoms with E-state index in [-0.39, 0.29) is 5.91 Å². The maximum atomic E-state index is 12.4. The summed E-state index contributed by atoms with van der Waals surface area (Å²) < 4.78 is 5.15. The number of H-pyrrole nitrogens is 1. The molecule has 3 aromatic carbocycles. The van der Waals surface area contributed by atoms with Gasteiger partial charge in [-0.1, -0.05) is 18.2 Å².